The molecule has 1 aliphatic rings. The Morgan fingerprint density at radius 1 is 1.17 bits per heavy atom. The summed E-state index contributed by atoms with van der Waals surface area (Å²) < 4.78 is 7.35. The van der Waals surface area contributed by atoms with Gasteiger partial charge < -0.3 is 25.0 Å². The molecule has 9 heteroatoms. The normalized spacial score (nSPS) is 16.2. The Kier molecular flexibility index (Phi) is 9.83. The molecule has 1 saturated heterocycles. The first-order valence-electron chi connectivity index (χ1n) is 10.9. The number of aliphatic hydroxyl groups is 1. The van der Waals surface area contributed by atoms with Crippen LogP contribution in [0.4, 0.5) is 0 Å². The van der Waals surface area contributed by atoms with E-state index >= 15 is 0 Å². The Balaban J connectivity index is 1.96. The predicted octanol–water partition coefficient (Wildman–Crippen LogP) is 0.822. The summed E-state index contributed by atoms with van der Waals surface area (Å²) in [6.45, 7) is 12.3. The molecule has 0 bridgehead atoms. The highest BCUT2D eigenvalue weighted by Gasteiger charge is 2.25. The first-order chi connectivity index (χ1) is 14.0. The van der Waals surface area contributed by atoms with Gasteiger partial charge in [-0.1, -0.05) is 26.7 Å². The molecule has 1 fully saturated rings. The molecule has 9 nitrogen and oxygen atoms in total. The SMILES string of the molecule is CCCC(O)(CCC)CNC(=NCc1nnc(C)n1C)NCCN1CCOCC1. The quantitative estimate of drug-likeness (QED) is 0.368. The molecule has 2 rings (SSSR count). The molecule has 166 valence electrons. The molecular formula is C20H39N7O2. The highest BCUT2D eigenvalue weighted by molar-refractivity contribution is 5.79. The summed E-state index contributed by atoms with van der Waals surface area (Å²) in [5.74, 6) is 2.38. The Morgan fingerprint density at radius 3 is 2.45 bits per heavy atom. The van der Waals surface area contributed by atoms with E-state index in [4.69, 9.17) is 9.73 Å². The van der Waals surface area contributed by atoms with Crippen LogP contribution in [0.3, 0.4) is 0 Å². The second-order valence-electron chi connectivity index (χ2n) is 7.85. The number of nitrogens with zero attached hydrogens (tertiary/aromatic N) is 5. The molecule has 0 amide bonds. The van der Waals surface area contributed by atoms with Crippen LogP contribution in [0.15, 0.2) is 4.99 Å². The maximum Gasteiger partial charge on any atom is 0.191 e. The van der Waals surface area contributed by atoms with E-state index in [-0.39, 0.29) is 0 Å². The van der Waals surface area contributed by atoms with Crippen LogP contribution in [0.1, 0.15) is 51.2 Å². The maximum atomic E-state index is 10.9. The number of nitrogens with one attached hydrogen (secondary N) is 2. The van der Waals surface area contributed by atoms with Crippen LogP contribution in [-0.4, -0.2) is 82.3 Å². The molecule has 29 heavy (non-hydrogen) atoms. The molecule has 3 N–H and O–H groups in total. The van der Waals surface area contributed by atoms with Crippen molar-refractivity contribution in [2.45, 2.75) is 58.6 Å². The molecule has 0 aromatic carbocycles. The molecular weight excluding hydrogens is 370 g/mol. The number of morpholine rings is 1. The van der Waals surface area contributed by atoms with Crippen molar-refractivity contribution < 1.29 is 9.84 Å². The van der Waals surface area contributed by atoms with Crippen LogP contribution in [-0.2, 0) is 18.3 Å². The second kappa shape index (κ2) is 12.1. The first-order valence-corrected chi connectivity index (χ1v) is 10.9. The van der Waals surface area contributed by atoms with E-state index in [0.717, 1.165) is 76.7 Å². The third kappa shape index (κ3) is 7.91. The van der Waals surface area contributed by atoms with Gasteiger partial charge in [-0.3, -0.25) is 4.90 Å². The van der Waals surface area contributed by atoms with Gasteiger partial charge in [0.05, 0.1) is 18.8 Å². The number of hydrogen-bond acceptors (Lipinski definition) is 6. The third-order valence-corrected chi connectivity index (χ3v) is 5.40. The highest BCUT2D eigenvalue weighted by atomic mass is 16.5. The number of rotatable bonds is 11. The molecule has 0 spiro atoms. The van der Waals surface area contributed by atoms with Gasteiger partial charge >= 0.3 is 0 Å². The lowest BCUT2D eigenvalue weighted by molar-refractivity contribution is 0.0256. The van der Waals surface area contributed by atoms with E-state index in [1.807, 2.05) is 18.5 Å². The summed E-state index contributed by atoms with van der Waals surface area (Å²) in [4.78, 5) is 7.07. The van der Waals surface area contributed by atoms with Gasteiger partial charge in [-0.2, -0.15) is 0 Å². The Morgan fingerprint density at radius 2 is 1.86 bits per heavy atom. The lowest BCUT2D eigenvalue weighted by Gasteiger charge is -2.29. The van der Waals surface area contributed by atoms with Crippen molar-refractivity contribution in [2.75, 3.05) is 45.9 Å². The van der Waals surface area contributed by atoms with Crippen LogP contribution in [0.5, 0.6) is 0 Å². The highest BCUT2D eigenvalue weighted by Crippen LogP contribution is 2.18. The molecule has 2 heterocycles. The molecule has 0 unspecified atom stereocenters. The lowest BCUT2D eigenvalue weighted by Crippen LogP contribution is -2.49. The maximum absolute atomic E-state index is 10.9. The van der Waals surface area contributed by atoms with Gasteiger partial charge in [0.1, 0.15) is 12.4 Å². The van der Waals surface area contributed by atoms with Crippen LogP contribution in [0.2, 0.25) is 0 Å². The zero-order chi connectivity index (χ0) is 21.1. The Hall–Kier alpha value is -1.71. The molecule has 0 atom stereocenters. The molecule has 1 aliphatic heterocycles. The topological polar surface area (TPSA) is 99.8 Å². The minimum atomic E-state index is -0.711. The van der Waals surface area contributed by atoms with Gasteiger partial charge in [-0.15, -0.1) is 10.2 Å². The number of ether oxygens (including phenoxy) is 1. The minimum Gasteiger partial charge on any atom is -0.388 e. The summed E-state index contributed by atoms with van der Waals surface area (Å²) in [7, 11) is 1.94. The number of aromatic nitrogens is 3. The third-order valence-electron chi connectivity index (χ3n) is 5.40. The zero-order valence-electron chi connectivity index (χ0n) is 18.6. The van der Waals surface area contributed by atoms with Crippen molar-refractivity contribution in [2.24, 2.45) is 12.0 Å². The van der Waals surface area contributed by atoms with Gasteiger partial charge in [0.2, 0.25) is 0 Å². The molecule has 1 aromatic heterocycles. The number of hydrogen-bond donors (Lipinski definition) is 3. The van der Waals surface area contributed by atoms with Gasteiger partial charge in [-0.05, 0) is 19.8 Å². The molecule has 1 aromatic rings. The van der Waals surface area contributed by atoms with Gasteiger partial charge in [0.25, 0.3) is 0 Å². The molecule has 0 aliphatic carbocycles. The smallest absolute Gasteiger partial charge is 0.191 e. The zero-order valence-corrected chi connectivity index (χ0v) is 18.6. The van der Waals surface area contributed by atoms with Crippen molar-refractivity contribution in [3.63, 3.8) is 0 Å². The van der Waals surface area contributed by atoms with Crippen LogP contribution in [0.25, 0.3) is 0 Å². The van der Waals surface area contributed by atoms with E-state index in [2.05, 4.69) is 39.6 Å². The predicted molar refractivity (Wildman–Crippen MR) is 115 cm³/mol. The average Bonchev–Trinajstić information content (AvgIpc) is 3.03. The van der Waals surface area contributed by atoms with Crippen molar-refractivity contribution >= 4 is 5.96 Å². The summed E-state index contributed by atoms with van der Waals surface area (Å²) in [5.41, 5.74) is -0.711. The van der Waals surface area contributed by atoms with Crippen molar-refractivity contribution in [3.05, 3.63) is 11.6 Å². The fourth-order valence-corrected chi connectivity index (χ4v) is 3.55. The van der Waals surface area contributed by atoms with Crippen molar-refractivity contribution in [1.82, 2.24) is 30.3 Å². The Labute approximate surface area is 174 Å². The van der Waals surface area contributed by atoms with E-state index in [1.54, 1.807) is 0 Å². The summed E-state index contributed by atoms with van der Waals surface area (Å²) in [6, 6.07) is 0. The number of aliphatic imine (C=N–C) groups is 1. The monoisotopic (exact) mass is 409 g/mol. The molecule has 0 saturated carbocycles. The van der Waals surface area contributed by atoms with E-state index < -0.39 is 5.60 Å². The van der Waals surface area contributed by atoms with Crippen molar-refractivity contribution in [1.29, 1.82) is 0 Å². The first kappa shape index (κ1) is 23.6. The molecule has 0 radical (unpaired) electrons. The Bertz CT molecular complexity index is 620. The number of guanidine groups is 1. The second-order valence-corrected chi connectivity index (χ2v) is 7.85. The van der Waals surface area contributed by atoms with Gasteiger partial charge in [0.15, 0.2) is 11.8 Å². The fraction of sp³-hybridized carbons (Fsp3) is 0.850. The van der Waals surface area contributed by atoms with Crippen LogP contribution in [0, 0.1) is 6.92 Å². The van der Waals surface area contributed by atoms with Crippen molar-refractivity contribution in [3.8, 4) is 0 Å². The van der Waals surface area contributed by atoms with Gasteiger partial charge in [0, 0.05) is 39.8 Å². The van der Waals surface area contributed by atoms with E-state index in [9.17, 15) is 5.11 Å². The van der Waals surface area contributed by atoms with E-state index in [0.29, 0.717) is 19.0 Å². The fourth-order valence-electron chi connectivity index (χ4n) is 3.55. The average molecular weight is 410 g/mol. The van der Waals surface area contributed by atoms with Crippen LogP contribution >= 0.6 is 0 Å². The summed E-state index contributed by atoms with van der Waals surface area (Å²) >= 11 is 0. The lowest BCUT2D eigenvalue weighted by atomic mass is 9.93. The summed E-state index contributed by atoms with van der Waals surface area (Å²) in [6.07, 6.45) is 3.45. The van der Waals surface area contributed by atoms with Crippen LogP contribution < -0.4 is 10.6 Å². The minimum absolute atomic E-state index is 0.435. The largest absolute Gasteiger partial charge is 0.388 e. The van der Waals surface area contributed by atoms with Gasteiger partial charge in [-0.25, -0.2) is 4.99 Å². The standard InChI is InChI=1S/C20H39N7O2/c1-5-7-20(28,8-6-2)16-23-19(21-9-10-27-11-13-29-14-12-27)22-15-18-25-24-17(3)26(18)4/h28H,5-16H2,1-4H3,(H2,21,22,23). The van der Waals surface area contributed by atoms with E-state index in [1.165, 1.54) is 0 Å². The number of aryl methyl sites for hydroxylation is 1. The summed E-state index contributed by atoms with van der Waals surface area (Å²) in [5, 5.41) is 26.0.